The molecule has 2 aromatic rings. The van der Waals surface area contributed by atoms with Gasteiger partial charge < -0.3 is 15.2 Å². The van der Waals surface area contributed by atoms with Gasteiger partial charge in [-0.1, -0.05) is 12.1 Å². The van der Waals surface area contributed by atoms with Crippen LogP contribution in [-0.2, 0) is 4.79 Å². The van der Waals surface area contributed by atoms with Crippen LogP contribution in [0.15, 0.2) is 29.6 Å². The molecule has 0 bridgehead atoms. The van der Waals surface area contributed by atoms with Gasteiger partial charge in [0.1, 0.15) is 5.75 Å². The molecule has 0 spiro atoms. The molecule has 116 valence electrons. The Bertz CT molecular complexity index is 666. The minimum absolute atomic E-state index is 0.162. The van der Waals surface area contributed by atoms with E-state index in [9.17, 15) is 9.59 Å². The standard InChI is InChI=1S/C15H16N2O4S/c1-9(16-15(20)13-8-22-17-10(13)2)11-3-5-12(6-4-11)21-7-14(18)19/h3-6,8-9H,7H2,1-2H3,(H,16,20)(H,18,19). The quantitative estimate of drug-likeness (QED) is 0.853. The third-order valence-electron chi connectivity index (χ3n) is 3.08. The molecule has 1 amide bonds. The third kappa shape index (κ3) is 4.05. The lowest BCUT2D eigenvalue weighted by Crippen LogP contribution is -2.26. The molecule has 1 atom stereocenters. The molecule has 1 aromatic carbocycles. The first-order chi connectivity index (χ1) is 10.5. The molecule has 0 fully saturated rings. The first-order valence-corrected chi connectivity index (χ1v) is 7.47. The zero-order valence-corrected chi connectivity index (χ0v) is 13.0. The minimum atomic E-state index is -1.02. The smallest absolute Gasteiger partial charge is 0.341 e. The highest BCUT2D eigenvalue weighted by molar-refractivity contribution is 7.03. The highest BCUT2D eigenvalue weighted by Crippen LogP contribution is 2.19. The Morgan fingerprint density at radius 3 is 2.59 bits per heavy atom. The van der Waals surface area contributed by atoms with Crippen LogP contribution < -0.4 is 10.1 Å². The van der Waals surface area contributed by atoms with Crippen molar-refractivity contribution >= 4 is 23.4 Å². The third-order valence-corrected chi connectivity index (χ3v) is 3.80. The Hall–Kier alpha value is -2.41. The molecule has 1 aromatic heterocycles. The van der Waals surface area contributed by atoms with Crippen LogP contribution in [0.1, 0.15) is 34.6 Å². The van der Waals surface area contributed by atoms with Crippen molar-refractivity contribution in [2.75, 3.05) is 6.61 Å². The van der Waals surface area contributed by atoms with E-state index in [1.807, 2.05) is 6.92 Å². The van der Waals surface area contributed by atoms with Crippen molar-refractivity contribution in [3.63, 3.8) is 0 Å². The van der Waals surface area contributed by atoms with E-state index in [0.717, 1.165) is 5.56 Å². The number of aliphatic carboxylic acids is 1. The van der Waals surface area contributed by atoms with E-state index in [2.05, 4.69) is 9.69 Å². The number of carboxylic acids is 1. The highest BCUT2D eigenvalue weighted by Gasteiger charge is 2.15. The van der Waals surface area contributed by atoms with E-state index in [-0.39, 0.29) is 18.6 Å². The van der Waals surface area contributed by atoms with Crippen molar-refractivity contribution in [2.45, 2.75) is 19.9 Å². The summed E-state index contributed by atoms with van der Waals surface area (Å²) in [6.07, 6.45) is 0. The molecule has 1 unspecified atom stereocenters. The number of hydrogen-bond donors (Lipinski definition) is 2. The van der Waals surface area contributed by atoms with Crippen LogP contribution in [0.25, 0.3) is 0 Å². The van der Waals surface area contributed by atoms with E-state index in [4.69, 9.17) is 9.84 Å². The van der Waals surface area contributed by atoms with Crippen molar-refractivity contribution < 1.29 is 19.4 Å². The average molecular weight is 320 g/mol. The Labute approximate surface area is 131 Å². The van der Waals surface area contributed by atoms with Gasteiger partial charge in [0, 0.05) is 5.38 Å². The van der Waals surface area contributed by atoms with Crippen LogP contribution in [0, 0.1) is 6.92 Å². The number of amides is 1. The van der Waals surface area contributed by atoms with E-state index in [1.165, 1.54) is 11.5 Å². The van der Waals surface area contributed by atoms with Crippen LogP contribution in [-0.4, -0.2) is 28.0 Å². The minimum Gasteiger partial charge on any atom is -0.482 e. The molecular formula is C15H16N2O4S. The molecule has 22 heavy (non-hydrogen) atoms. The van der Waals surface area contributed by atoms with E-state index in [1.54, 1.807) is 36.6 Å². The van der Waals surface area contributed by atoms with Crippen molar-refractivity contribution in [1.82, 2.24) is 9.69 Å². The predicted molar refractivity (Wildman–Crippen MR) is 82.3 cm³/mol. The molecule has 0 saturated heterocycles. The van der Waals surface area contributed by atoms with Gasteiger partial charge in [0.2, 0.25) is 0 Å². The summed E-state index contributed by atoms with van der Waals surface area (Å²) in [5, 5.41) is 13.2. The Morgan fingerprint density at radius 1 is 1.36 bits per heavy atom. The number of carboxylic acid groups (broad SMARTS) is 1. The Morgan fingerprint density at radius 2 is 2.05 bits per heavy atom. The molecule has 0 aliphatic rings. The molecule has 0 radical (unpaired) electrons. The number of benzene rings is 1. The Kier molecular flexibility index (Phi) is 5.11. The maximum absolute atomic E-state index is 12.1. The molecule has 0 saturated carbocycles. The van der Waals surface area contributed by atoms with Crippen molar-refractivity contribution in [1.29, 1.82) is 0 Å². The van der Waals surface area contributed by atoms with Gasteiger partial charge in [0.15, 0.2) is 6.61 Å². The molecule has 7 heteroatoms. The number of nitrogens with one attached hydrogen (secondary N) is 1. The summed E-state index contributed by atoms with van der Waals surface area (Å²) in [5.41, 5.74) is 2.20. The number of carbonyl (C=O) groups excluding carboxylic acids is 1. The molecular weight excluding hydrogens is 304 g/mol. The SMILES string of the molecule is Cc1nscc1C(=O)NC(C)c1ccc(OCC(=O)O)cc1. The summed E-state index contributed by atoms with van der Waals surface area (Å²) in [5.74, 6) is -0.711. The second-order valence-electron chi connectivity index (χ2n) is 4.76. The molecule has 2 rings (SSSR count). The average Bonchev–Trinajstić information content (AvgIpc) is 2.91. The topological polar surface area (TPSA) is 88.5 Å². The van der Waals surface area contributed by atoms with Gasteiger partial charge >= 0.3 is 5.97 Å². The van der Waals surface area contributed by atoms with Gasteiger partial charge in [-0.05, 0) is 43.1 Å². The first-order valence-electron chi connectivity index (χ1n) is 6.63. The molecule has 0 aliphatic heterocycles. The number of hydrogen-bond acceptors (Lipinski definition) is 5. The Balaban J connectivity index is 1.98. The number of ether oxygens (including phenoxy) is 1. The summed E-state index contributed by atoms with van der Waals surface area (Å²) in [4.78, 5) is 22.6. The summed E-state index contributed by atoms with van der Waals surface area (Å²) in [6.45, 7) is 3.29. The normalized spacial score (nSPS) is 11.7. The van der Waals surface area contributed by atoms with Crippen LogP contribution in [0.2, 0.25) is 0 Å². The van der Waals surface area contributed by atoms with Crippen molar-refractivity contribution in [2.24, 2.45) is 0 Å². The van der Waals surface area contributed by atoms with Gasteiger partial charge in [-0.2, -0.15) is 4.37 Å². The lowest BCUT2D eigenvalue weighted by Gasteiger charge is -2.14. The van der Waals surface area contributed by atoms with Crippen LogP contribution in [0.3, 0.4) is 0 Å². The largest absolute Gasteiger partial charge is 0.482 e. The van der Waals surface area contributed by atoms with Crippen LogP contribution in [0.4, 0.5) is 0 Å². The summed E-state index contributed by atoms with van der Waals surface area (Å²) in [7, 11) is 0. The monoisotopic (exact) mass is 320 g/mol. The van der Waals surface area contributed by atoms with Gasteiger partial charge in [-0.3, -0.25) is 4.79 Å². The van der Waals surface area contributed by atoms with Crippen LogP contribution in [0.5, 0.6) is 5.75 Å². The molecule has 2 N–H and O–H groups in total. The van der Waals surface area contributed by atoms with E-state index >= 15 is 0 Å². The fourth-order valence-electron chi connectivity index (χ4n) is 1.87. The summed E-state index contributed by atoms with van der Waals surface area (Å²) in [6, 6.07) is 6.76. The highest BCUT2D eigenvalue weighted by atomic mass is 32.1. The van der Waals surface area contributed by atoms with E-state index < -0.39 is 5.97 Å². The van der Waals surface area contributed by atoms with E-state index in [0.29, 0.717) is 17.0 Å². The first kappa shape index (κ1) is 16.0. The zero-order valence-electron chi connectivity index (χ0n) is 12.2. The number of nitrogens with zero attached hydrogens (tertiary/aromatic N) is 1. The van der Waals surface area contributed by atoms with Crippen LogP contribution >= 0.6 is 11.5 Å². The van der Waals surface area contributed by atoms with Gasteiger partial charge in [-0.15, -0.1) is 0 Å². The second kappa shape index (κ2) is 7.04. The zero-order chi connectivity index (χ0) is 16.1. The summed E-state index contributed by atoms with van der Waals surface area (Å²) < 4.78 is 9.14. The van der Waals surface area contributed by atoms with Gasteiger partial charge in [0.05, 0.1) is 17.3 Å². The summed E-state index contributed by atoms with van der Waals surface area (Å²) >= 11 is 1.25. The maximum Gasteiger partial charge on any atom is 0.341 e. The van der Waals surface area contributed by atoms with Crippen molar-refractivity contribution in [3.05, 3.63) is 46.5 Å². The number of aryl methyl sites for hydroxylation is 1. The molecule has 1 heterocycles. The number of aromatic nitrogens is 1. The number of rotatable bonds is 6. The maximum atomic E-state index is 12.1. The number of carbonyl (C=O) groups is 2. The fraction of sp³-hybridized carbons (Fsp3) is 0.267. The lowest BCUT2D eigenvalue weighted by molar-refractivity contribution is -0.139. The second-order valence-corrected chi connectivity index (χ2v) is 5.39. The molecule has 6 nitrogen and oxygen atoms in total. The van der Waals surface area contributed by atoms with Crippen molar-refractivity contribution in [3.8, 4) is 5.75 Å². The van der Waals surface area contributed by atoms with Gasteiger partial charge in [-0.25, -0.2) is 4.79 Å². The molecule has 0 aliphatic carbocycles. The predicted octanol–water partition coefficient (Wildman–Crippen LogP) is 2.41. The fourth-order valence-corrected chi connectivity index (χ4v) is 2.56. The lowest BCUT2D eigenvalue weighted by atomic mass is 10.1. The van der Waals surface area contributed by atoms with Gasteiger partial charge in [0.25, 0.3) is 5.91 Å².